The number of likely N-dealkylation sites (tertiary alicyclic amines) is 1. The summed E-state index contributed by atoms with van der Waals surface area (Å²) in [7, 11) is 2.16. The number of aromatic amines is 1. The highest BCUT2D eigenvalue weighted by Crippen LogP contribution is 2.29. The van der Waals surface area contributed by atoms with Crippen LogP contribution in [0.2, 0.25) is 0 Å². The van der Waals surface area contributed by atoms with Crippen LogP contribution in [0.15, 0.2) is 30.9 Å². The van der Waals surface area contributed by atoms with Crippen LogP contribution in [0.3, 0.4) is 0 Å². The molecule has 5 rings (SSSR count). The quantitative estimate of drug-likeness (QED) is 0.469. The van der Waals surface area contributed by atoms with E-state index in [2.05, 4.69) is 37.2 Å². The number of hydrogen-bond acceptors (Lipinski definition) is 6. The maximum atomic E-state index is 14.5. The van der Waals surface area contributed by atoms with E-state index in [-0.39, 0.29) is 12.3 Å². The monoisotopic (exact) mass is 409 g/mol. The predicted octanol–water partition coefficient (Wildman–Crippen LogP) is 2.66. The molecule has 1 fully saturated rings. The van der Waals surface area contributed by atoms with Crippen LogP contribution >= 0.6 is 0 Å². The molecule has 0 radical (unpaired) electrons. The Morgan fingerprint density at radius 3 is 2.90 bits per heavy atom. The molecule has 8 nitrogen and oxygen atoms in total. The fourth-order valence-electron chi connectivity index (χ4n) is 4.09. The third kappa shape index (κ3) is 3.40. The van der Waals surface area contributed by atoms with Crippen molar-refractivity contribution in [2.75, 3.05) is 32.0 Å². The molecule has 0 amide bonds. The molecular formula is C21H24FN7O. The van der Waals surface area contributed by atoms with Crippen LogP contribution in [0.5, 0.6) is 0 Å². The van der Waals surface area contributed by atoms with Gasteiger partial charge in [-0.2, -0.15) is 4.98 Å². The number of aromatic nitrogens is 5. The number of fused-ring (bicyclic) bond motifs is 2. The van der Waals surface area contributed by atoms with Crippen LogP contribution in [0.25, 0.3) is 27.8 Å². The number of rotatable bonds is 5. The van der Waals surface area contributed by atoms with E-state index in [4.69, 9.17) is 0 Å². The van der Waals surface area contributed by atoms with Crippen LogP contribution < -0.4 is 5.32 Å². The van der Waals surface area contributed by atoms with Gasteiger partial charge in [-0.15, -0.1) is 0 Å². The number of aliphatic hydroxyl groups is 1. The first kappa shape index (κ1) is 19.0. The number of nitrogens with zero attached hydrogens (tertiary/aromatic N) is 5. The van der Waals surface area contributed by atoms with E-state index in [9.17, 15) is 9.50 Å². The fourth-order valence-corrected chi connectivity index (χ4v) is 4.09. The first-order chi connectivity index (χ1) is 14.6. The largest absolute Gasteiger partial charge is 0.390 e. The van der Waals surface area contributed by atoms with Gasteiger partial charge in [0.2, 0.25) is 5.95 Å². The van der Waals surface area contributed by atoms with Gasteiger partial charge in [0.25, 0.3) is 0 Å². The first-order valence-electron chi connectivity index (χ1n) is 10.2. The van der Waals surface area contributed by atoms with E-state index in [0.717, 1.165) is 30.6 Å². The summed E-state index contributed by atoms with van der Waals surface area (Å²) in [5.41, 5.74) is 2.88. The van der Waals surface area contributed by atoms with Crippen molar-refractivity contribution in [3.63, 3.8) is 0 Å². The zero-order valence-corrected chi connectivity index (χ0v) is 16.8. The molecule has 5 heterocycles. The number of H-pyrrole nitrogens is 1. The lowest BCUT2D eigenvalue weighted by Crippen LogP contribution is -2.33. The van der Waals surface area contributed by atoms with Gasteiger partial charge >= 0.3 is 0 Å². The van der Waals surface area contributed by atoms with E-state index < -0.39 is 5.82 Å². The van der Waals surface area contributed by atoms with Crippen molar-refractivity contribution >= 4 is 22.6 Å². The van der Waals surface area contributed by atoms with Crippen molar-refractivity contribution in [1.29, 1.82) is 0 Å². The first-order valence-corrected chi connectivity index (χ1v) is 10.2. The average molecular weight is 409 g/mol. The molecule has 0 bridgehead atoms. The maximum absolute atomic E-state index is 14.5. The Morgan fingerprint density at radius 2 is 2.10 bits per heavy atom. The van der Waals surface area contributed by atoms with Gasteiger partial charge in [-0.05, 0) is 45.0 Å². The third-order valence-electron chi connectivity index (χ3n) is 5.93. The Kier molecular flexibility index (Phi) is 4.84. The van der Waals surface area contributed by atoms with Crippen molar-refractivity contribution in [3.8, 4) is 11.1 Å². The van der Waals surface area contributed by atoms with Gasteiger partial charge < -0.3 is 20.3 Å². The standard InChI is InChI=1S/C21H24FN7O/c1-28-4-2-13(3-5-28)7-25-21-26-10-17-16(9-23-19(17)27-21)14-6-18(22)20-24-8-15(12-30)29(20)11-14/h6,8-11,13,30H,2-5,7,12H2,1H3,(H2,23,25,26,27). The molecule has 0 saturated carbocycles. The lowest BCUT2D eigenvalue weighted by atomic mass is 9.97. The van der Waals surface area contributed by atoms with E-state index in [1.165, 1.54) is 25.1 Å². The van der Waals surface area contributed by atoms with Gasteiger partial charge in [-0.1, -0.05) is 0 Å². The third-order valence-corrected chi connectivity index (χ3v) is 5.93. The highest BCUT2D eigenvalue weighted by Gasteiger charge is 2.17. The van der Waals surface area contributed by atoms with Crippen LogP contribution in [-0.2, 0) is 6.61 Å². The van der Waals surface area contributed by atoms with Gasteiger partial charge in [-0.3, -0.25) is 4.40 Å². The number of pyridine rings is 1. The normalized spacial score (nSPS) is 16.0. The molecule has 30 heavy (non-hydrogen) atoms. The molecular weight excluding hydrogens is 385 g/mol. The average Bonchev–Trinajstić information content (AvgIpc) is 3.37. The second-order valence-electron chi connectivity index (χ2n) is 7.96. The molecule has 0 aromatic carbocycles. The molecule has 0 unspecified atom stereocenters. The molecule has 3 N–H and O–H groups in total. The molecule has 0 aliphatic carbocycles. The molecule has 156 valence electrons. The number of aliphatic hydroxyl groups excluding tert-OH is 1. The molecule has 9 heteroatoms. The summed E-state index contributed by atoms with van der Waals surface area (Å²) < 4.78 is 16.1. The highest BCUT2D eigenvalue weighted by atomic mass is 19.1. The Bertz CT molecular complexity index is 1190. The minimum absolute atomic E-state index is 0.194. The van der Waals surface area contributed by atoms with Crippen LogP contribution in [0, 0.1) is 11.7 Å². The highest BCUT2D eigenvalue weighted by molar-refractivity contribution is 5.93. The Morgan fingerprint density at radius 1 is 1.27 bits per heavy atom. The van der Waals surface area contributed by atoms with Crippen molar-refractivity contribution in [2.24, 2.45) is 5.92 Å². The molecule has 4 aromatic heterocycles. The zero-order valence-electron chi connectivity index (χ0n) is 16.8. The molecule has 0 spiro atoms. The summed E-state index contributed by atoms with van der Waals surface area (Å²) in [6, 6.07) is 1.44. The topological polar surface area (TPSA) is 94.4 Å². The fraction of sp³-hybridized carbons (Fsp3) is 0.381. The lowest BCUT2D eigenvalue weighted by Gasteiger charge is -2.28. The number of halogens is 1. The van der Waals surface area contributed by atoms with Crippen LogP contribution in [-0.4, -0.2) is 61.0 Å². The second kappa shape index (κ2) is 7.66. The van der Waals surface area contributed by atoms with Gasteiger partial charge in [0.1, 0.15) is 5.65 Å². The van der Waals surface area contributed by atoms with Gasteiger partial charge in [-0.25, -0.2) is 14.4 Å². The van der Waals surface area contributed by atoms with Crippen molar-refractivity contribution in [1.82, 2.24) is 29.2 Å². The van der Waals surface area contributed by atoms with E-state index in [0.29, 0.717) is 28.8 Å². The summed E-state index contributed by atoms with van der Waals surface area (Å²) in [5.74, 6) is 0.776. The molecule has 1 aliphatic heterocycles. The zero-order chi connectivity index (χ0) is 20.7. The summed E-state index contributed by atoms with van der Waals surface area (Å²) in [6.07, 6.45) is 9.16. The van der Waals surface area contributed by atoms with Crippen LogP contribution in [0.1, 0.15) is 18.5 Å². The van der Waals surface area contributed by atoms with Crippen LogP contribution in [0.4, 0.5) is 10.3 Å². The number of hydrogen-bond donors (Lipinski definition) is 3. The summed E-state index contributed by atoms with van der Waals surface area (Å²) in [5, 5.41) is 13.6. The van der Waals surface area contributed by atoms with Crippen molar-refractivity contribution in [3.05, 3.63) is 42.4 Å². The Labute approximate surface area is 172 Å². The minimum Gasteiger partial charge on any atom is -0.390 e. The Balaban J connectivity index is 1.41. The molecule has 0 atom stereocenters. The SMILES string of the molecule is CN1CCC(CNc2ncc3c(-c4cc(F)c5ncc(CO)n5c4)c[nH]c3n2)CC1. The molecule has 1 saturated heterocycles. The van der Waals surface area contributed by atoms with E-state index >= 15 is 0 Å². The number of anilines is 1. The molecule has 1 aliphatic rings. The number of piperidine rings is 1. The van der Waals surface area contributed by atoms with Gasteiger partial charge in [0.05, 0.1) is 18.5 Å². The lowest BCUT2D eigenvalue weighted by molar-refractivity contribution is 0.226. The Hall–Kier alpha value is -3.04. The molecule has 4 aromatic rings. The van der Waals surface area contributed by atoms with E-state index in [1.54, 1.807) is 23.0 Å². The summed E-state index contributed by atoms with van der Waals surface area (Å²) in [6.45, 7) is 2.90. The van der Waals surface area contributed by atoms with Gasteiger partial charge in [0, 0.05) is 41.6 Å². The number of imidazole rings is 1. The van der Waals surface area contributed by atoms with Crippen molar-refractivity contribution < 1.29 is 9.50 Å². The summed E-state index contributed by atoms with van der Waals surface area (Å²) >= 11 is 0. The van der Waals surface area contributed by atoms with E-state index in [1.807, 2.05) is 0 Å². The predicted molar refractivity (Wildman–Crippen MR) is 113 cm³/mol. The van der Waals surface area contributed by atoms with Crippen molar-refractivity contribution in [2.45, 2.75) is 19.4 Å². The summed E-state index contributed by atoms with van der Waals surface area (Å²) in [4.78, 5) is 18.6. The minimum atomic E-state index is -0.445. The smallest absolute Gasteiger partial charge is 0.224 e. The number of nitrogens with one attached hydrogen (secondary N) is 2. The second-order valence-corrected chi connectivity index (χ2v) is 7.96. The maximum Gasteiger partial charge on any atom is 0.224 e. The van der Waals surface area contributed by atoms with Gasteiger partial charge in [0.15, 0.2) is 11.5 Å².